The molecular weight excluding hydrogens is 474 g/mol. The van der Waals surface area contributed by atoms with Gasteiger partial charge in [-0.2, -0.15) is 9.97 Å². The molecule has 0 saturated carbocycles. The Balaban J connectivity index is 1.90. The van der Waals surface area contributed by atoms with Crippen LogP contribution in [0.5, 0.6) is 0 Å². The number of imidazole rings is 1. The van der Waals surface area contributed by atoms with E-state index in [0.29, 0.717) is 11.3 Å². The van der Waals surface area contributed by atoms with Crippen LogP contribution < -0.4 is 11.1 Å². The fourth-order valence-corrected chi connectivity index (χ4v) is 5.14. The predicted octanol–water partition coefficient (Wildman–Crippen LogP) is 0.898. The van der Waals surface area contributed by atoms with E-state index in [9.17, 15) is 29.2 Å². The molecule has 34 heavy (non-hydrogen) atoms. The number of nitrogens with two attached hydrogens (primary N) is 1. The molecule has 0 aliphatic carbocycles. The van der Waals surface area contributed by atoms with E-state index in [1.54, 1.807) is 7.05 Å². The highest BCUT2D eigenvalue weighted by Gasteiger charge is 2.52. The molecule has 0 bridgehead atoms. The van der Waals surface area contributed by atoms with Crippen LogP contribution in [0.2, 0.25) is 0 Å². The molecule has 1 aliphatic rings. The fourth-order valence-electron chi connectivity index (χ4n) is 3.77. The molecule has 2 aromatic heterocycles. The summed E-state index contributed by atoms with van der Waals surface area (Å²) >= 11 is 0. The third kappa shape index (κ3) is 4.63. The van der Waals surface area contributed by atoms with Crippen molar-refractivity contribution in [3.8, 4) is 0 Å². The number of ether oxygens (including phenoxy) is 1. The zero-order valence-corrected chi connectivity index (χ0v) is 20.3. The van der Waals surface area contributed by atoms with Crippen molar-refractivity contribution in [2.24, 2.45) is 0 Å². The average molecular weight is 506 g/mol. The third-order valence-corrected chi connectivity index (χ3v) is 8.51. The highest BCUT2D eigenvalue weighted by atomic mass is 31.2. The van der Waals surface area contributed by atoms with Crippen molar-refractivity contribution >= 4 is 30.5 Å². The number of alkyl halides is 1. The highest BCUT2D eigenvalue weighted by molar-refractivity contribution is 7.54. The lowest BCUT2D eigenvalue weighted by Crippen LogP contribution is -2.43. The largest absolute Gasteiger partial charge is 0.388 e. The van der Waals surface area contributed by atoms with Gasteiger partial charge >= 0.3 is 7.60 Å². The molecule has 192 valence electrons. The van der Waals surface area contributed by atoms with Crippen molar-refractivity contribution in [3.63, 3.8) is 0 Å². The average Bonchev–Trinajstić information content (AvgIpc) is 3.33. The minimum Gasteiger partial charge on any atom is -0.388 e. The van der Waals surface area contributed by atoms with Gasteiger partial charge in [0.15, 0.2) is 28.6 Å². The molecule has 15 heteroatoms. The first-order valence-electron chi connectivity index (χ1n) is 10.9. The third-order valence-electron chi connectivity index (χ3n) is 6.34. The van der Waals surface area contributed by atoms with Gasteiger partial charge in [0.05, 0.1) is 12.4 Å². The van der Waals surface area contributed by atoms with Gasteiger partial charge < -0.3 is 36.0 Å². The van der Waals surface area contributed by atoms with Crippen LogP contribution in [-0.4, -0.2) is 82.7 Å². The Kier molecular flexibility index (Phi) is 7.54. The van der Waals surface area contributed by atoms with Gasteiger partial charge in [0, 0.05) is 13.5 Å². The topological polar surface area (TPSA) is 198 Å². The van der Waals surface area contributed by atoms with E-state index < -0.39 is 49.8 Å². The number of aliphatic hydroxyl groups is 3. The Morgan fingerprint density at radius 2 is 2.00 bits per heavy atom. The number of rotatable bonds is 10. The Hall–Kier alpha value is -1.93. The molecule has 1 aliphatic heterocycles. The fraction of sp³-hybridized carbons (Fsp3) is 0.737. The molecule has 1 saturated heterocycles. The van der Waals surface area contributed by atoms with Crippen molar-refractivity contribution in [2.75, 3.05) is 24.8 Å². The monoisotopic (exact) mass is 506 g/mol. The first-order chi connectivity index (χ1) is 15.8. The lowest BCUT2D eigenvalue weighted by atomic mass is 9.92. The Morgan fingerprint density at radius 3 is 2.56 bits per heavy atom. The number of halogens is 1. The number of anilines is 2. The minimum absolute atomic E-state index is 0.0549. The standard InChI is InChI=1S/C19H32FN6O7P/c1-5-18(3,29)34(30,31)33-19(6-2,8-20)7-10-12(27)13(28)16(32-10)26-9-23-11-14(22-4)24-17(21)25-15(11)26/h9-10,12-13,16,27-29H,5-8H2,1-4H3,(H,30,31)(H3,21,22,24,25)/t10-,12-,13-,16-,18?,19?/m1/s1. The van der Waals surface area contributed by atoms with E-state index in [-0.39, 0.29) is 30.9 Å². The Morgan fingerprint density at radius 1 is 1.32 bits per heavy atom. The zero-order chi connectivity index (χ0) is 25.5. The number of hydrogen-bond donors (Lipinski definition) is 6. The van der Waals surface area contributed by atoms with Crippen molar-refractivity contribution in [1.29, 1.82) is 0 Å². The molecular formula is C19H32FN6O7P. The van der Waals surface area contributed by atoms with Crippen LogP contribution in [-0.2, 0) is 13.8 Å². The van der Waals surface area contributed by atoms with Crippen molar-refractivity contribution in [3.05, 3.63) is 6.33 Å². The van der Waals surface area contributed by atoms with Crippen molar-refractivity contribution in [1.82, 2.24) is 19.5 Å². The SMILES string of the molecule is CCC(CF)(C[C@H]1O[C@@H](n2cnc3c(NC)nc(N)nc32)[C@H](O)[C@@H]1O)OP(=O)(O)C(C)(O)CC. The van der Waals surface area contributed by atoms with Crippen LogP contribution in [0.4, 0.5) is 16.2 Å². The van der Waals surface area contributed by atoms with Crippen LogP contribution in [0.1, 0.15) is 46.3 Å². The van der Waals surface area contributed by atoms with E-state index in [1.165, 1.54) is 24.7 Å². The summed E-state index contributed by atoms with van der Waals surface area (Å²) in [7, 11) is -3.07. The maximum absolute atomic E-state index is 14.2. The van der Waals surface area contributed by atoms with E-state index >= 15 is 0 Å². The number of nitrogens with zero attached hydrogens (tertiary/aromatic N) is 4. The van der Waals surface area contributed by atoms with Gasteiger partial charge in [0.25, 0.3) is 0 Å². The van der Waals surface area contributed by atoms with Gasteiger partial charge in [0.2, 0.25) is 5.95 Å². The highest BCUT2D eigenvalue weighted by Crippen LogP contribution is 2.59. The second-order valence-corrected chi connectivity index (χ2v) is 10.8. The van der Waals surface area contributed by atoms with Crippen LogP contribution >= 0.6 is 7.60 Å². The van der Waals surface area contributed by atoms with Gasteiger partial charge in [-0.25, -0.2) is 9.37 Å². The van der Waals surface area contributed by atoms with E-state index in [2.05, 4.69) is 20.3 Å². The summed E-state index contributed by atoms with van der Waals surface area (Å²) in [6.45, 7) is 2.97. The number of nitrogens with one attached hydrogen (secondary N) is 1. The molecule has 1 fully saturated rings. The summed E-state index contributed by atoms with van der Waals surface area (Å²) in [5.41, 5.74) is 4.48. The van der Waals surface area contributed by atoms with Gasteiger partial charge in [-0.1, -0.05) is 13.8 Å². The summed E-state index contributed by atoms with van der Waals surface area (Å²) < 4.78 is 39.5. The van der Waals surface area contributed by atoms with E-state index in [4.69, 9.17) is 15.0 Å². The first kappa shape index (κ1) is 26.7. The van der Waals surface area contributed by atoms with Crippen LogP contribution in [0.25, 0.3) is 11.2 Å². The number of aliphatic hydroxyl groups excluding tert-OH is 2. The Bertz CT molecular complexity index is 1070. The maximum atomic E-state index is 14.2. The normalized spacial score (nSPS) is 28.4. The molecule has 3 heterocycles. The summed E-state index contributed by atoms with van der Waals surface area (Å²) in [5, 5.41) is 32.4. The van der Waals surface area contributed by atoms with E-state index in [0.717, 1.165) is 6.92 Å². The maximum Gasteiger partial charge on any atom is 0.359 e. The number of hydrogen-bond acceptors (Lipinski definition) is 11. The first-order valence-corrected chi connectivity index (χ1v) is 12.4. The van der Waals surface area contributed by atoms with Gasteiger partial charge in [-0.15, -0.1) is 0 Å². The van der Waals surface area contributed by atoms with Gasteiger partial charge in [-0.05, 0) is 19.8 Å². The molecule has 2 aromatic rings. The van der Waals surface area contributed by atoms with Crippen molar-refractivity contribution in [2.45, 2.75) is 75.5 Å². The zero-order valence-electron chi connectivity index (χ0n) is 19.4. The van der Waals surface area contributed by atoms with Gasteiger partial charge in [0.1, 0.15) is 24.5 Å². The minimum atomic E-state index is -4.69. The molecule has 3 unspecified atom stereocenters. The number of fused-ring (bicyclic) bond motifs is 1. The van der Waals surface area contributed by atoms with Crippen LogP contribution in [0, 0.1) is 0 Å². The molecule has 0 radical (unpaired) electrons. The lowest BCUT2D eigenvalue weighted by molar-refractivity contribution is -0.0804. The van der Waals surface area contributed by atoms with Gasteiger partial charge in [-0.3, -0.25) is 13.7 Å². The molecule has 7 atom stereocenters. The molecule has 0 amide bonds. The number of aromatic nitrogens is 4. The summed E-state index contributed by atoms with van der Waals surface area (Å²) in [6, 6.07) is 0. The van der Waals surface area contributed by atoms with Crippen LogP contribution in [0.3, 0.4) is 0 Å². The lowest BCUT2D eigenvalue weighted by Gasteiger charge is -2.38. The summed E-state index contributed by atoms with van der Waals surface area (Å²) in [6.07, 6.45) is -4.51. The molecule has 0 aromatic carbocycles. The predicted molar refractivity (Wildman–Crippen MR) is 121 cm³/mol. The summed E-state index contributed by atoms with van der Waals surface area (Å²) in [4.78, 5) is 22.7. The second kappa shape index (κ2) is 9.61. The summed E-state index contributed by atoms with van der Waals surface area (Å²) in [5.74, 6) is 0.295. The van der Waals surface area contributed by atoms with Crippen LogP contribution in [0.15, 0.2) is 6.33 Å². The molecule has 0 spiro atoms. The quantitative estimate of drug-likeness (QED) is 0.249. The second-order valence-electron chi connectivity index (χ2n) is 8.61. The molecule has 13 nitrogen and oxygen atoms in total. The van der Waals surface area contributed by atoms with E-state index in [1.807, 2.05) is 0 Å². The number of nitrogen functional groups attached to an aromatic ring is 1. The smallest absolute Gasteiger partial charge is 0.359 e. The van der Waals surface area contributed by atoms with Crippen molar-refractivity contribution < 1.29 is 38.4 Å². The molecule has 3 rings (SSSR count). The Labute approximate surface area is 195 Å². The molecule has 7 N–H and O–H groups in total.